The second-order valence-corrected chi connectivity index (χ2v) is 5.22. The molecule has 0 amide bonds. The number of alkyl halides is 1. The first kappa shape index (κ1) is 11.8. The first-order valence-corrected chi connectivity index (χ1v) is 6.00. The first-order chi connectivity index (χ1) is 6.63. The Kier molecular flexibility index (Phi) is 4.69. The zero-order valence-electron chi connectivity index (χ0n) is 8.13. The highest BCUT2D eigenvalue weighted by Crippen LogP contribution is 2.23. The normalized spacial score (nSPS) is 13.1. The van der Waals surface area contributed by atoms with Crippen molar-refractivity contribution in [2.24, 2.45) is 0 Å². The molecule has 1 rings (SSSR count). The molecule has 0 aromatic heterocycles. The van der Waals surface area contributed by atoms with Crippen LogP contribution in [0.4, 0.5) is 0 Å². The van der Waals surface area contributed by atoms with Crippen LogP contribution in [0.15, 0.2) is 28.7 Å². The smallest absolute Gasteiger partial charge is 0.119 e. The van der Waals surface area contributed by atoms with Gasteiger partial charge in [-0.15, -0.1) is 0 Å². The van der Waals surface area contributed by atoms with Crippen molar-refractivity contribution in [3.05, 3.63) is 34.3 Å². The number of halogens is 2. The van der Waals surface area contributed by atoms with Crippen LogP contribution in [0.3, 0.4) is 0 Å². The SMILES string of the molecule is COc1ccc(Br)c(/C=C/C(C)Br)c1. The Morgan fingerprint density at radius 3 is 2.71 bits per heavy atom. The molecule has 1 nitrogen and oxygen atoms in total. The largest absolute Gasteiger partial charge is 0.497 e. The van der Waals surface area contributed by atoms with Gasteiger partial charge in [-0.05, 0) is 30.7 Å². The summed E-state index contributed by atoms with van der Waals surface area (Å²) < 4.78 is 6.22. The number of hydrogen-bond acceptors (Lipinski definition) is 1. The summed E-state index contributed by atoms with van der Waals surface area (Å²) in [7, 11) is 1.67. The quantitative estimate of drug-likeness (QED) is 0.757. The molecule has 0 saturated heterocycles. The molecule has 0 radical (unpaired) electrons. The third-order valence-electron chi connectivity index (χ3n) is 1.74. The van der Waals surface area contributed by atoms with Crippen molar-refractivity contribution in [3.8, 4) is 5.75 Å². The summed E-state index contributed by atoms with van der Waals surface area (Å²) in [6.45, 7) is 2.07. The number of rotatable bonds is 3. The van der Waals surface area contributed by atoms with E-state index in [1.54, 1.807) is 7.11 Å². The number of methoxy groups -OCH3 is 1. The lowest BCUT2D eigenvalue weighted by Gasteiger charge is -2.03. The van der Waals surface area contributed by atoms with E-state index in [1.165, 1.54) is 0 Å². The maximum atomic E-state index is 5.15. The van der Waals surface area contributed by atoms with E-state index in [2.05, 4.69) is 50.9 Å². The third kappa shape index (κ3) is 3.46. The van der Waals surface area contributed by atoms with E-state index in [-0.39, 0.29) is 0 Å². The van der Waals surface area contributed by atoms with E-state index in [1.807, 2.05) is 18.2 Å². The predicted octanol–water partition coefficient (Wildman–Crippen LogP) is 4.25. The van der Waals surface area contributed by atoms with Crippen LogP contribution in [0, 0.1) is 0 Å². The fourth-order valence-corrected chi connectivity index (χ4v) is 1.54. The van der Waals surface area contributed by atoms with Gasteiger partial charge < -0.3 is 4.74 Å². The number of ether oxygens (including phenoxy) is 1. The molecule has 0 aliphatic carbocycles. The fourth-order valence-electron chi connectivity index (χ4n) is 1.01. The molecule has 0 heterocycles. The molecule has 14 heavy (non-hydrogen) atoms. The Hall–Kier alpha value is -0.280. The molecule has 3 heteroatoms. The lowest BCUT2D eigenvalue weighted by atomic mass is 10.2. The Balaban J connectivity index is 2.94. The Labute approximate surface area is 101 Å². The van der Waals surface area contributed by atoms with Gasteiger partial charge in [0.1, 0.15) is 5.75 Å². The molecule has 1 unspecified atom stereocenters. The molecule has 0 bridgehead atoms. The van der Waals surface area contributed by atoms with Gasteiger partial charge in [0.15, 0.2) is 0 Å². The van der Waals surface area contributed by atoms with Gasteiger partial charge in [-0.3, -0.25) is 0 Å². The van der Waals surface area contributed by atoms with E-state index in [9.17, 15) is 0 Å². The van der Waals surface area contributed by atoms with Crippen molar-refractivity contribution in [1.29, 1.82) is 0 Å². The molecule has 0 saturated carbocycles. The lowest BCUT2D eigenvalue weighted by Crippen LogP contribution is -1.85. The molecule has 1 aromatic carbocycles. The Morgan fingerprint density at radius 1 is 1.43 bits per heavy atom. The van der Waals surface area contributed by atoms with Gasteiger partial charge in [0.05, 0.1) is 7.11 Å². The second kappa shape index (κ2) is 5.56. The monoisotopic (exact) mass is 318 g/mol. The number of benzene rings is 1. The molecule has 0 fully saturated rings. The average Bonchev–Trinajstić information content (AvgIpc) is 2.16. The molecule has 1 atom stereocenters. The van der Waals surface area contributed by atoms with Crippen molar-refractivity contribution >= 4 is 37.9 Å². The zero-order chi connectivity index (χ0) is 10.6. The van der Waals surface area contributed by atoms with Crippen molar-refractivity contribution in [2.75, 3.05) is 7.11 Å². The van der Waals surface area contributed by atoms with Gasteiger partial charge in [-0.25, -0.2) is 0 Å². The second-order valence-electron chi connectivity index (χ2n) is 2.92. The maximum Gasteiger partial charge on any atom is 0.119 e. The van der Waals surface area contributed by atoms with Crippen molar-refractivity contribution in [3.63, 3.8) is 0 Å². The van der Waals surface area contributed by atoms with Gasteiger partial charge in [0.25, 0.3) is 0 Å². The van der Waals surface area contributed by atoms with Crippen molar-refractivity contribution in [2.45, 2.75) is 11.8 Å². The molecule has 76 valence electrons. The van der Waals surface area contributed by atoms with E-state index in [4.69, 9.17) is 4.74 Å². The summed E-state index contributed by atoms with van der Waals surface area (Å²) in [5.74, 6) is 0.870. The zero-order valence-corrected chi connectivity index (χ0v) is 11.3. The molecule has 0 aliphatic heterocycles. The summed E-state index contributed by atoms with van der Waals surface area (Å²) in [4.78, 5) is 0.376. The van der Waals surface area contributed by atoms with Crippen LogP contribution in [0.2, 0.25) is 0 Å². The summed E-state index contributed by atoms with van der Waals surface area (Å²) >= 11 is 6.95. The van der Waals surface area contributed by atoms with Gasteiger partial charge in [0.2, 0.25) is 0 Å². The minimum Gasteiger partial charge on any atom is -0.497 e. The number of allylic oxidation sites excluding steroid dienone is 1. The minimum atomic E-state index is 0.376. The summed E-state index contributed by atoms with van der Waals surface area (Å²) in [5, 5.41) is 0. The fraction of sp³-hybridized carbons (Fsp3) is 0.273. The van der Waals surface area contributed by atoms with Crippen LogP contribution in [0.1, 0.15) is 12.5 Å². The summed E-state index contributed by atoms with van der Waals surface area (Å²) in [6, 6.07) is 5.91. The van der Waals surface area contributed by atoms with Gasteiger partial charge >= 0.3 is 0 Å². The highest BCUT2D eigenvalue weighted by molar-refractivity contribution is 9.10. The average molecular weight is 320 g/mol. The molecule has 1 aromatic rings. The van der Waals surface area contributed by atoms with Crippen LogP contribution in [0.25, 0.3) is 6.08 Å². The van der Waals surface area contributed by atoms with Gasteiger partial charge in [0, 0.05) is 9.30 Å². The highest BCUT2D eigenvalue weighted by atomic mass is 79.9. The summed E-state index contributed by atoms with van der Waals surface area (Å²) in [6.07, 6.45) is 4.14. The Morgan fingerprint density at radius 2 is 2.14 bits per heavy atom. The lowest BCUT2D eigenvalue weighted by molar-refractivity contribution is 0.414. The predicted molar refractivity (Wildman–Crippen MR) is 68.1 cm³/mol. The highest BCUT2D eigenvalue weighted by Gasteiger charge is 1.98. The van der Waals surface area contributed by atoms with Crippen molar-refractivity contribution < 1.29 is 4.74 Å². The minimum absolute atomic E-state index is 0.376. The third-order valence-corrected chi connectivity index (χ3v) is 2.77. The number of hydrogen-bond donors (Lipinski definition) is 0. The summed E-state index contributed by atoms with van der Waals surface area (Å²) in [5.41, 5.74) is 1.12. The van der Waals surface area contributed by atoms with Crippen LogP contribution in [-0.2, 0) is 0 Å². The maximum absolute atomic E-state index is 5.15. The van der Waals surface area contributed by atoms with Gasteiger partial charge in [-0.2, -0.15) is 0 Å². The molecular formula is C11H12Br2O. The van der Waals surface area contributed by atoms with Crippen molar-refractivity contribution in [1.82, 2.24) is 0 Å². The molecule has 0 N–H and O–H groups in total. The molecule has 0 aliphatic rings. The standard InChI is InChI=1S/C11H12Br2O/c1-8(12)3-4-9-7-10(14-2)5-6-11(9)13/h3-8H,1-2H3/b4-3+. The molecule has 0 spiro atoms. The molecular weight excluding hydrogens is 308 g/mol. The van der Waals surface area contributed by atoms with Crippen LogP contribution >= 0.6 is 31.9 Å². The van der Waals surface area contributed by atoms with Crippen LogP contribution in [0.5, 0.6) is 5.75 Å². The van der Waals surface area contributed by atoms with E-state index >= 15 is 0 Å². The van der Waals surface area contributed by atoms with E-state index in [0.717, 1.165) is 15.8 Å². The van der Waals surface area contributed by atoms with E-state index < -0.39 is 0 Å². The first-order valence-electron chi connectivity index (χ1n) is 4.29. The Bertz CT molecular complexity index is 332. The van der Waals surface area contributed by atoms with Gasteiger partial charge in [-0.1, -0.05) is 44.0 Å². The van der Waals surface area contributed by atoms with Crippen LogP contribution in [-0.4, -0.2) is 11.9 Å². The topological polar surface area (TPSA) is 9.23 Å². The van der Waals surface area contributed by atoms with Crippen LogP contribution < -0.4 is 4.74 Å². The van der Waals surface area contributed by atoms with E-state index in [0.29, 0.717) is 4.83 Å².